The SMILES string of the molecule is Cl.NCCc1nc(C(=O)Nc2cnn(CC(F)(F)F)c2)cs1. The van der Waals surface area contributed by atoms with Gasteiger partial charge in [0.1, 0.15) is 12.2 Å². The molecule has 0 aliphatic heterocycles. The summed E-state index contributed by atoms with van der Waals surface area (Å²) in [6.07, 6.45) is -1.53. The number of nitrogens with two attached hydrogens (primary N) is 1. The largest absolute Gasteiger partial charge is 0.408 e. The fourth-order valence-electron chi connectivity index (χ4n) is 1.55. The fraction of sp³-hybridized carbons (Fsp3) is 0.364. The minimum absolute atomic E-state index is 0. The lowest BCUT2D eigenvalue weighted by molar-refractivity contribution is -0.142. The number of rotatable bonds is 5. The molecule has 0 saturated heterocycles. The zero-order valence-electron chi connectivity index (χ0n) is 11.1. The predicted molar refractivity (Wildman–Crippen MR) is 78.4 cm³/mol. The maximum absolute atomic E-state index is 12.2. The van der Waals surface area contributed by atoms with E-state index in [9.17, 15) is 18.0 Å². The van der Waals surface area contributed by atoms with Crippen LogP contribution in [0.2, 0.25) is 0 Å². The number of hydrogen-bond acceptors (Lipinski definition) is 5. The summed E-state index contributed by atoms with van der Waals surface area (Å²) >= 11 is 1.30. The van der Waals surface area contributed by atoms with Gasteiger partial charge in [-0.05, 0) is 6.54 Å². The van der Waals surface area contributed by atoms with Crippen LogP contribution in [0.15, 0.2) is 17.8 Å². The van der Waals surface area contributed by atoms with Crippen molar-refractivity contribution in [2.75, 3.05) is 11.9 Å². The maximum atomic E-state index is 12.2. The van der Waals surface area contributed by atoms with Crippen molar-refractivity contribution in [1.29, 1.82) is 0 Å². The Morgan fingerprint density at radius 1 is 1.45 bits per heavy atom. The van der Waals surface area contributed by atoms with E-state index in [1.807, 2.05) is 0 Å². The zero-order valence-corrected chi connectivity index (χ0v) is 12.8. The van der Waals surface area contributed by atoms with E-state index in [4.69, 9.17) is 5.73 Å². The van der Waals surface area contributed by atoms with Crippen LogP contribution in [0.3, 0.4) is 0 Å². The Hall–Kier alpha value is -1.65. The number of aromatic nitrogens is 3. The highest BCUT2D eigenvalue weighted by Gasteiger charge is 2.28. The molecule has 2 aromatic heterocycles. The van der Waals surface area contributed by atoms with Crippen molar-refractivity contribution in [2.45, 2.75) is 19.1 Å². The molecule has 0 spiro atoms. The second kappa shape index (κ2) is 7.56. The summed E-state index contributed by atoms with van der Waals surface area (Å²) in [5.41, 5.74) is 5.77. The molecule has 122 valence electrons. The van der Waals surface area contributed by atoms with Crippen LogP contribution in [0.5, 0.6) is 0 Å². The number of nitrogens with one attached hydrogen (secondary N) is 1. The number of halogens is 4. The number of nitrogens with zero attached hydrogens (tertiary/aromatic N) is 3. The van der Waals surface area contributed by atoms with E-state index in [2.05, 4.69) is 15.4 Å². The number of carbonyl (C=O) groups excluding carboxylic acids is 1. The smallest absolute Gasteiger partial charge is 0.330 e. The van der Waals surface area contributed by atoms with Gasteiger partial charge in [0, 0.05) is 18.0 Å². The Bertz CT molecular complexity index is 627. The lowest BCUT2D eigenvalue weighted by Gasteiger charge is -2.05. The van der Waals surface area contributed by atoms with Gasteiger partial charge >= 0.3 is 6.18 Å². The van der Waals surface area contributed by atoms with Gasteiger partial charge in [0.25, 0.3) is 5.91 Å². The molecule has 1 amide bonds. The third-order valence-corrected chi connectivity index (χ3v) is 3.28. The van der Waals surface area contributed by atoms with Crippen molar-refractivity contribution >= 4 is 35.3 Å². The summed E-state index contributed by atoms with van der Waals surface area (Å²) in [5.74, 6) is -0.499. The van der Waals surface area contributed by atoms with Crippen LogP contribution in [-0.4, -0.2) is 33.4 Å². The topological polar surface area (TPSA) is 85.8 Å². The molecule has 0 aliphatic carbocycles. The third kappa shape index (κ3) is 5.28. The Kier molecular flexibility index (Phi) is 6.33. The first-order valence-corrected chi connectivity index (χ1v) is 6.80. The summed E-state index contributed by atoms with van der Waals surface area (Å²) < 4.78 is 37.3. The second-order valence-electron chi connectivity index (χ2n) is 4.16. The van der Waals surface area contributed by atoms with Gasteiger partial charge in [-0.3, -0.25) is 9.48 Å². The zero-order chi connectivity index (χ0) is 15.5. The molecule has 3 N–H and O–H groups in total. The van der Waals surface area contributed by atoms with Crippen LogP contribution in [0.1, 0.15) is 15.5 Å². The van der Waals surface area contributed by atoms with E-state index in [0.717, 1.165) is 17.4 Å². The summed E-state index contributed by atoms with van der Waals surface area (Å²) in [7, 11) is 0. The van der Waals surface area contributed by atoms with Crippen LogP contribution in [-0.2, 0) is 13.0 Å². The van der Waals surface area contributed by atoms with Gasteiger partial charge in [-0.15, -0.1) is 23.7 Å². The number of amides is 1. The summed E-state index contributed by atoms with van der Waals surface area (Å²) in [5, 5.41) is 8.28. The van der Waals surface area contributed by atoms with Crippen LogP contribution in [0.25, 0.3) is 0 Å². The van der Waals surface area contributed by atoms with Gasteiger partial charge in [-0.1, -0.05) is 0 Å². The molecule has 0 atom stereocenters. The molecule has 0 aliphatic rings. The molecule has 0 unspecified atom stereocenters. The standard InChI is InChI=1S/C11H12F3N5OS.ClH/c12-11(13,14)6-19-4-7(3-16-19)17-10(20)8-5-21-9(18-8)1-2-15;/h3-5H,1-2,6,15H2,(H,17,20);1H. The lowest BCUT2D eigenvalue weighted by atomic mass is 10.4. The molecule has 11 heteroatoms. The van der Waals surface area contributed by atoms with E-state index in [0.29, 0.717) is 17.6 Å². The van der Waals surface area contributed by atoms with Gasteiger partial charge in [0.15, 0.2) is 0 Å². The summed E-state index contributed by atoms with van der Waals surface area (Å²) in [6, 6.07) is 0. The number of anilines is 1. The highest BCUT2D eigenvalue weighted by atomic mass is 35.5. The van der Waals surface area contributed by atoms with Crippen LogP contribution < -0.4 is 11.1 Å². The summed E-state index contributed by atoms with van der Waals surface area (Å²) in [6.45, 7) is -0.779. The molecule has 22 heavy (non-hydrogen) atoms. The highest BCUT2D eigenvalue weighted by molar-refractivity contribution is 7.09. The Balaban J connectivity index is 0.00000242. The predicted octanol–water partition coefficient (Wildman–Crippen LogP) is 2.08. The number of alkyl halides is 3. The minimum atomic E-state index is -4.36. The van der Waals surface area contributed by atoms with Gasteiger partial charge in [0.05, 0.1) is 16.9 Å². The molecule has 0 aromatic carbocycles. The molecule has 2 heterocycles. The van der Waals surface area contributed by atoms with Gasteiger partial charge in [-0.2, -0.15) is 18.3 Å². The van der Waals surface area contributed by atoms with E-state index in [-0.39, 0.29) is 23.8 Å². The molecular formula is C11H13ClF3N5OS. The Morgan fingerprint density at radius 2 is 2.18 bits per heavy atom. The molecule has 6 nitrogen and oxygen atoms in total. The molecule has 2 aromatic rings. The van der Waals surface area contributed by atoms with Crippen molar-refractivity contribution in [1.82, 2.24) is 14.8 Å². The van der Waals surface area contributed by atoms with E-state index < -0.39 is 18.6 Å². The van der Waals surface area contributed by atoms with Crippen molar-refractivity contribution < 1.29 is 18.0 Å². The average Bonchev–Trinajstić information content (AvgIpc) is 2.97. The monoisotopic (exact) mass is 355 g/mol. The molecule has 0 bridgehead atoms. The van der Waals surface area contributed by atoms with Crippen LogP contribution in [0, 0.1) is 0 Å². The van der Waals surface area contributed by atoms with Crippen molar-refractivity contribution in [2.24, 2.45) is 5.73 Å². The number of hydrogen-bond donors (Lipinski definition) is 2. The normalized spacial score (nSPS) is 11.1. The first-order valence-electron chi connectivity index (χ1n) is 5.92. The molecule has 0 saturated carbocycles. The number of carbonyl (C=O) groups is 1. The first kappa shape index (κ1) is 18.4. The summed E-state index contributed by atoms with van der Waals surface area (Å²) in [4.78, 5) is 16.0. The van der Waals surface area contributed by atoms with Crippen molar-refractivity contribution in [3.8, 4) is 0 Å². The quantitative estimate of drug-likeness (QED) is 0.859. The highest BCUT2D eigenvalue weighted by Crippen LogP contribution is 2.18. The van der Waals surface area contributed by atoms with Crippen molar-refractivity contribution in [3.63, 3.8) is 0 Å². The third-order valence-electron chi connectivity index (χ3n) is 2.37. The first-order chi connectivity index (χ1) is 9.87. The van der Waals surface area contributed by atoms with Gasteiger partial charge in [0.2, 0.25) is 0 Å². The molecule has 2 rings (SSSR count). The molecular weight excluding hydrogens is 343 g/mol. The second-order valence-corrected chi connectivity index (χ2v) is 5.10. The van der Waals surface area contributed by atoms with E-state index in [1.165, 1.54) is 11.3 Å². The lowest BCUT2D eigenvalue weighted by Crippen LogP contribution is -2.18. The minimum Gasteiger partial charge on any atom is -0.330 e. The van der Waals surface area contributed by atoms with Crippen LogP contribution in [0.4, 0.5) is 18.9 Å². The number of thiazole rings is 1. The Morgan fingerprint density at radius 3 is 2.82 bits per heavy atom. The van der Waals surface area contributed by atoms with Gasteiger partial charge in [-0.25, -0.2) is 4.98 Å². The van der Waals surface area contributed by atoms with Crippen molar-refractivity contribution in [3.05, 3.63) is 28.5 Å². The Labute approximate surface area is 133 Å². The fourth-order valence-corrected chi connectivity index (χ4v) is 2.34. The van der Waals surface area contributed by atoms with Gasteiger partial charge < -0.3 is 11.1 Å². The molecule has 0 fully saturated rings. The van der Waals surface area contributed by atoms with E-state index >= 15 is 0 Å². The van der Waals surface area contributed by atoms with E-state index in [1.54, 1.807) is 5.38 Å². The maximum Gasteiger partial charge on any atom is 0.408 e. The average molecular weight is 356 g/mol. The van der Waals surface area contributed by atoms with Crippen LogP contribution >= 0.6 is 23.7 Å². The molecule has 0 radical (unpaired) electrons.